The minimum absolute atomic E-state index is 0.0606. The number of hydrogen-bond donors (Lipinski definition) is 2. The van der Waals surface area contributed by atoms with E-state index in [0.717, 1.165) is 12.1 Å². The van der Waals surface area contributed by atoms with Crippen molar-refractivity contribution in [3.8, 4) is 0 Å². The molecule has 0 radical (unpaired) electrons. The number of ether oxygens (including phenoxy) is 1. The SMILES string of the molecule is CCOC(=O)[C@H](O)[C@H]1CCCN[C@H]1c1ccc(F)cc1C(F)(F)F. The molecule has 2 N–H and O–H groups in total. The maximum absolute atomic E-state index is 13.3. The van der Waals surface area contributed by atoms with Gasteiger partial charge in [-0.3, -0.25) is 0 Å². The maximum Gasteiger partial charge on any atom is 0.416 e. The van der Waals surface area contributed by atoms with Crippen LogP contribution >= 0.6 is 0 Å². The van der Waals surface area contributed by atoms with Gasteiger partial charge in [0, 0.05) is 12.0 Å². The summed E-state index contributed by atoms with van der Waals surface area (Å²) in [5.41, 5.74) is -1.29. The predicted octanol–water partition coefficient (Wildman–Crippen LogP) is 2.81. The van der Waals surface area contributed by atoms with Gasteiger partial charge in [0.2, 0.25) is 0 Å². The summed E-state index contributed by atoms with van der Waals surface area (Å²) >= 11 is 0. The van der Waals surface area contributed by atoms with Crippen LogP contribution in [-0.2, 0) is 15.7 Å². The van der Waals surface area contributed by atoms with Gasteiger partial charge in [-0.25, -0.2) is 9.18 Å². The predicted molar refractivity (Wildman–Crippen MR) is 77.5 cm³/mol. The molecule has 24 heavy (non-hydrogen) atoms. The number of hydrogen-bond acceptors (Lipinski definition) is 4. The Labute approximate surface area is 136 Å². The van der Waals surface area contributed by atoms with Gasteiger partial charge in [0.1, 0.15) is 5.82 Å². The molecule has 8 heteroatoms. The third-order valence-electron chi connectivity index (χ3n) is 4.10. The highest BCUT2D eigenvalue weighted by Crippen LogP contribution is 2.40. The lowest BCUT2D eigenvalue weighted by Gasteiger charge is -2.36. The van der Waals surface area contributed by atoms with Crippen LogP contribution < -0.4 is 5.32 Å². The molecular weight excluding hydrogens is 330 g/mol. The fourth-order valence-corrected chi connectivity index (χ4v) is 3.04. The summed E-state index contributed by atoms with van der Waals surface area (Å²) in [6.07, 6.45) is -5.34. The molecule has 2 rings (SSSR count). The van der Waals surface area contributed by atoms with Gasteiger partial charge in [-0.05, 0) is 44.0 Å². The number of piperidine rings is 1. The van der Waals surface area contributed by atoms with Crippen molar-refractivity contribution in [2.24, 2.45) is 5.92 Å². The quantitative estimate of drug-likeness (QED) is 0.648. The topological polar surface area (TPSA) is 58.6 Å². The van der Waals surface area contributed by atoms with Gasteiger partial charge in [-0.2, -0.15) is 13.2 Å². The van der Waals surface area contributed by atoms with Crippen LogP contribution in [0.15, 0.2) is 18.2 Å². The van der Waals surface area contributed by atoms with E-state index in [1.54, 1.807) is 6.92 Å². The summed E-state index contributed by atoms with van der Waals surface area (Å²) in [5.74, 6) is -2.65. The van der Waals surface area contributed by atoms with Crippen molar-refractivity contribution in [3.05, 3.63) is 35.1 Å². The molecule has 0 saturated carbocycles. The Hall–Kier alpha value is -1.67. The van der Waals surface area contributed by atoms with Crippen LogP contribution in [0.1, 0.15) is 36.9 Å². The molecule has 1 aliphatic rings. The van der Waals surface area contributed by atoms with Gasteiger partial charge >= 0.3 is 12.1 Å². The first kappa shape index (κ1) is 18.7. The molecule has 1 aliphatic heterocycles. The second kappa shape index (κ2) is 7.48. The number of halogens is 4. The van der Waals surface area contributed by atoms with E-state index in [9.17, 15) is 27.5 Å². The zero-order valence-electron chi connectivity index (χ0n) is 13.1. The molecule has 1 aromatic carbocycles. The van der Waals surface area contributed by atoms with E-state index in [2.05, 4.69) is 5.32 Å². The minimum Gasteiger partial charge on any atom is -0.464 e. The van der Waals surface area contributed by atoms with Gasteiger partial charge in [0.25, 0.3) is 0 Å². The Morgan fingerprint density at radius 3 is 2.79 bits per heavy atom. The molecule has 1 aromatic rings. The van der Waals surface area contributed by atoms with Crippen molar-refractivity contribution >= 4 is 5.97 Å². The zero-order chi connectivity index (χ0) is 17.9. The first-order valence-corrected chi connectivity index (χ1v) is 7.70. The highest BCUT2D eigenvalue weighted by Gasteiger charge is 2.41. The minimum atomic E-state index is -4.74. The number of carbonyl (C=O) groups excluding carboxylic acids is 1. The fourth-order valence-electron chi connectivity index (χ4n) is 3.04. The molecular formula is C16H19F4NO3. The molecule has 1 fully saturated rings. The summed E-state index contributed by atoms with van der Waals surface area (Å²) in [4.78, 5) is 11.8. The average molecular weight is 349 g/mol. The molecule has 134 valence electrons. The van der Waals surface area contributed by atoms with E-state index in [0.29, 0.717) is 25.5 Å². The first-order valence-electron chi connectivity index (χ1n) is 7.70. The summed E-state index contributed by atoms with van der Waals surface area (Å²) in [7, 11) is 0. The summed E-state index contributed by atoms with van der Waals surface area (Å²) in [6.45, 7) is 2.07. The van der Waals surface area contributed by atoms with Gasteiger partial charge < -0.3 is 15.2 Å². The van der Waals surface area contributed by atoms with Crippen molar-refractivity contribution in [2.75, 3.05) is 13.2 Å². The molecule has 0 aromatic heterocycles. The van der Waals surface area contributed by atoms with Gasteiger partial charge in [0.15, 0.2) is 6.10 Å². The van der Waals surface area contributed by atoms with Gasteiger partial charge in [-0.1, -0.05) is 6.07 Å². The Morgan fingerprint density at radius 2 is 2.17 bits per heavy atom. The average Bonchev–Trinajstić information content (AvgIpc) is 2.53. The third-order valence-corrected chi connectivity index (χ3v) is 4.10. The third kappa shape index (κ3) is 4.05. The van der Waals surface area contributed by atoms with E-state index in [-0.39, 0.29) is 12.2 Å². The van der Waals surface area contributed by atoms with Crippen LogP contribution in [0.5, 0.6) is 0 Å². The van der Waals surface area contributed by atoms with Gasteiger partial charge in [-0.15, -0.1) is 0 Å². The summed E-state index contributed by atoms with van der Waals surface area (Å²) in [5, 5.41) is 13.1. The van der Waals surface area contributed by atoms with Crippen molar-refractivity contribution < 1.29 is 32.2 Å². The molecule has 0 aliphatic carbocycles. The van der Waals surface area contributed by atoms with Crippen molar-refractivity contribution in [3.63, 3.8) is 0 Å². The van der Waals surface area contributed by atoms with Crippen LogP contribution in [0, 0.1) is 11.7 Å². The van der Waals surface area contributed by atoms with E-state index in [4.69, 9.17) is 4.74 Å². The normalized spacial score (nSPS) is 22.9. The van der Waals surface area contributed by atoms with Crippen molar-refractivity contribution in [2.45, 2.75) is 38.1 Å². The van der Waals surface area contributed by atoms with E-state index < -0.39 is 41.6 Å². The monoisotopic (exact) mass is 349 g/mol. The van der Waals surface area contributed by atoms with Crippen molar-refractivity contribution in [1.29, 1.82) is 0 Å². The highest BCUT2D eigenvalue weighted by molar-refractivity contribution is 5.75. The smallest absolute Gasteiger partial charge is 0.416 e. The Bertz CT molecular complexity index is 591. The lowest BCUT2D eigenvalue weighted by Crippen LogP contribution is -2.44. The lowest BCUT2D eigenvalue weighted by atomic mass is 9.80. The van der Waals surface area contributed by atoms with Crippen LogP contribution in [0.4, 0.5) is 17.6 Å². The number of esters is 1. The lowest BCUT2D eigenvalue weighted by molar-refractivity contribution is -0.157. The summed E-state index contributed by atoms with van der Waals surface area (Å²) in [6, 6.07) is 1.50. The number of alkyl halides is 3. The number of aliphatic hydroxyl groups excluding tert-OH is 1. The number of rotatable bonds is 4. The summed E-state index contributed by atoms with van der Waals surface area (Å²) < 4.78 is 57.8. The van der Waals surface area contributed by atoms with E-state index in [1.165, 1.54) is 0 Å². The molecule has 4 nitrogen and oxygen atoms in total. The largest absolute Gasteiger partial charge is 0.464 e. The molecule has 0 bridgehead atoms. The number of nitrogens with one attached hydrogen (secondary N) is 1. The van der Waals surface area contributed by atoms with E-state index >= 15 is 0 Å². The first-order chi connectivity index (χ1) is 11.3. The molecule has 1 saturated heterocycles. The van der Waals surface area contributed by atoms with E-state index in [1.807, 2.05) is 0 Å². The molecule has 1 heterocycles. The Kier molecular flexibility index (Phi) is 5.82. The number of aliphatic hydroxyl groups is 1. The van der Waals surface area contributed by atoms with Crippen molar-refractivity contribution in [1.82, 2.24) is 5.32 Å². The molecule has 0 unspecified atom stereocenters. The Balaban J connectivity index is 2.39. The van der Waals surface area contributed by atoms with Crippen LogP contribution in [0.3, 0.4) is 0 Å². The Morgan fingerprint density at radius 1 is 1.46 bits per heavy atom. The molecule has 3 atom stereocenters. The van der Waals surface area contributed by atoms with Crippen LogP contribution in [-0.4, -0.2) is 30.3 Å². The molecule has 0 spiro atoms. The fraction of sp³-hybridized carbons (Fsp3) is 0.562. The number of benzene rings is 1. The van der Waals surface area contributed by atoms with Crippen LogP contribution in [0.2, 0.25) is 0 Å². The highest BCUT2D eigenvalue weighted by atomic mass is 19.4. The van der Waals surface area contributed by atoms with Gasteiger partial charge in [0.05, 0.1) is 12.2 Å². The second-order valence-corrected chi connectivity index (χ2v) is 5.66. The number of carbonyl (C=O) groups is 1. The second-order valence-electron chi connectivity index (χ2n) is 5.66. The zero-order valence-corrected chi connectivity index (χ0v) is 13.1. The van der Waals surface area contributed by atoms with Crippen LogP contribution in [0.25, 0.3) is 0 Å². The standard InChI is InChI=1S/C16H19F4NO3/c1-2-24-15(23)14(22)11-4-3-7-21-13(11)10-6-5-9(17)8-12(10)16(18,19)20/h5-6,8,11,13-14,21-22H,2-4,7H2,1H3/t11-,13-,14+/m0/s1. The molecule has 0 amide bonds. The maximum atomic E-state index is 13.3.